The lowest BCUT2D eigenvalue weighted by atomic mass is 10.3. The van der Waals surface area contributed by atoms with Gasteiger partial charge in [0.15, 0.2) is 0 Å². The number of hydrogen-bond donors (Lipinski definition) is 1. The summed E-state index contributed by atoms with van der Waals surface area (Å²) in [5.74, 6) is 0. The van der Waals surface area contributed by atoms with Crippen LogP contribution in [0.4, 0.5) is 5.69 Å². The predicted molar refractivity (Wildman–Crippen MR) is 58.8 cm³/mol. The Bertz CT molecular complexity index is 563. The zero-order chi connectivity index (χ0) is 11.1. The van der Waals surface area contributed by atoms with Crippen LogP contribution < -0.4 is 5.32 Å². The third kappa shape index (κ3) is 1.80. The molecule has 5 nitrogen and oxygen atoms in total. The lowest BCUT2D eigenvalue weighted by Gasteiger charge is -2.15. The first kappa shape index (κ1) is 10.3. The summed E-state index contributed by atoms with van der Waals surface area (Å²) in [4.78, 5) is 0.110. The van der Waals surface area contributed by atoms with Crippen LogP contribution in [0.1, 0.15) is 0 Å². The maximum atomic E-state index is 11.6. The van der Waals surface area contributed by atoms with Crippen molar-refractivity contribution in [2.24, 2.45) is 4.40 Å². The van der Waals surface area contributed by atoms with Crippen molar-refractivity contribution >= 4 is 31.7 Å². The molecule has 0 saturated heterocycles. The smallest absolute Gasteiger partial charge is 0.286 e. The molecular formula is C8H8N2O3S2. The van der Waals surface area contributed by atoms with Crippen molar-refractivity contribution in [3.05, 3.63) is 24.3 Å². The summed E-state index contributed by atoms with van der Waals surface area (Å²) >= 11 is 0. The van der Waals surface area contributed by atoms with Crippen molar-refractivity contribution in [1.29, 1.82) is 0 Å². The molecule has 0 aromatic heterocycles. The van der Waals surface area contributed by atoms with Gasteiger partial charge in [0, 0.05) is 6.26 Å². The number of nitrogens with one attached hydrogen (secondary N) is 1. The topological polar surface area (TPSA) is 75.6 Å². The highest BCUT2D eigenvalue weighted by Gasteiger charge is 2.25. The van der Waals surface area contributed by atoms with E-state index in [0.29, 0.717) is 5.69 Å². The van der Waals surface area contributed by atoms with Gasteiger partial charge in [-0.2, -0.15) is 8.42 Å². The quantitative estimate of drug-likeness (QED) is 0.722. The zero-order valence-corrected chi connectivity index (χ0v) is 9.43. The first-order chi connectivity index (χ1) is 7.00. The van der Waals surface area contributed by atoms with Crippen LogP contribution in [0.2, 0.25) is 0 Å². The molecule has 1 aromatic rings. The number of nitrogens with zero attached hydrogens (tertiary/aromatic N) is 1. The van der Waals surface area contributed by atoms with E-state index in [4.69, 9.17) is 0 Å². The van der Waals surface area contributed by atoms with Crippen LogP contribution in [-0.4, -0.2) is 24.1 Å². The lowest BCUT2D eigenvalue weighted by Crippen LogP contribution is -2.24. The minimum atomic E-state index is -3.70. The maximum absolute atomic E-state index is 11.6. The van der Waals surface area contributed by atoms with Crippen LogP contribution in [0.5, 0.6) is 0 Å². The Balaban J connectivity index is 2.65. The fourth-order valence-electron chi connectivity index (χ4n) is 1.22. The van der Waals surface area contributed by atoms with Crippen molar-refractivity contribution in [2.75, 3.05) is 11.6 Å². The van der Waals surface area contributed by atoms with Gasteiger partial charge in [0.25, 0.3) is 10.0 Å². The van der Waals surface area contributed by atoms with Gasteiger partial charge in [0.1, 0.15) is 4.90 Å². The highest BCUT2D eigenvalue weighted by molar-refractivity contribution is 8.02. The van der Waals surface area contributed by atoms with E-state index in [2.05, 4.69) is 9.71 Å². The molecule has 15 heavy (non-hydrogen) atoms. The van der Waals surface area contributed by atoms with E-state index in [0.717, 1.165) is 0 Å². The summed E-state index contributed by atoms with van der Waals surface area (Å²) in [6, 6.07) is 6.37. The highest BCUT2D eigenvalue weighted by Crippen LogP contribution is 2.26. The van der Waals surface area contributed by atoms with Gasteiger partial charge in [-0.05, 0) is 12.1 Å². The SMILES string of the molecule is CS(=O)C1=NS(=O)(=O)c2ccccc2N1. The molecule has 0 spiro atoms. The molecule has 1 unspecified atom stereocenters. The Kier molecular flexibility index (Phi) is 2.35. The maximum Gasteiger partial charge on any atom is 0.286 e. The molecule has 1 aromatic carbocycles. The van der Waals surface area contributed by atoms with Gasteiger partial charge in [-0.3, -0.25) is 4.21 Å². The van der Waals surface area contributed by atoms with Crippen molar-refractivity contribution in [1.82, 2.24) is 0 Å². The van der Waals surface area contributed by atoms with E-state index in [1.807, 2.05) is 0 Å². The van der Waals surface area contributed by atoms with Gasteiger partial charge < -0.3 is 5.32 Å². The number of fused-ring (bicyclic) bond motifs is 1. The second kappa shape index (κ2) is 3.42. The van der Waals surface area contributed by atoms with Crippen LogP contribution in [-0.2, 0) is 20.8 Å². The average molecular weight is 244 g/mol. The van der Waals surface area contributed by atoms with Crippen LogP contribution >= 0.6 is 0 Å². The molecule has 0 saturated carbocycles. The second-order valence-corrected chi connectivity index (χ2v) is 5.81. The summed E-state index contributed by atoms with van der Waals surface area (Å²) in [6.07, 6.45) is 1.37. The summed E-state index contributed by atoms with van der Waals surface area (Å²) in [5.41, 5.74) is 0.415. The number of benzene rings is 1. The molecule has 80 valence electrons. The van der Waals surface area contributed by atoms with Crippen molar-refractivity contribution in [2.45, 2.75) is 4.90 Å². The molecule has 0 amide bonds. The van der Waals surface area contributed by atoms with E-state index in [1.165, 1.54) is 12.3 Å². The second-order valence-electron chi connectivity index (χ2n) is 2.95. The van der Waals surface area contributed by atoms with Gasteiger partial charge in [-0.15, -0.1) is 4.40 Å². The molecule has 1 heterocycles. The highest BCUT2D eigenvalue weighted by atomic mass is 32.2. The third-order valence-corrected chi connectivity index (χ3v) is 4.07. The van der Waals surface area contributed by atoms with E-state index >= 15 is 0 Å². The van der Waals surface area contributed by atoms with Crippen molar-refractivity contribution in [3.63, 3.8) is 0 Å². The first-order valence-electron chi connectivity index (χ1n) is 4.05. The Hall–Kier alpha value is -1.21. The number of amidine groups is 1. The number of rotatable bonds is 0. The van der Waals surface area contributed by atoms with E-state index in [-0.39, 0.29) is 10.1 Å². The van der Waals surface area contributed by atoms with Gasteiger partial charge >= 0.3 is 0 Å². The van der Waals surface area contributed by atoms with E-state index in [9.17, 15) is 12.6 Å². The lowest BCUT2D eigenvalue weighted by molar-refractivity contribution is 0.598. The molecular weight excluding hydrogens is 236 g/mol. The zero-order valence-electron chi connectivity index (χ0n) is 7.80. The number of anilines is 1. The van der Waals surface area contributed by atoms with Gasteiger partial charge in [0.05, 0.1) is 16.5 Å². The summed E-state index contributed by atoms with van der Waals surface area (Å²) in [5, 5.41) is 2.69. The Morgan fingerprint density at radius 3 is 2.67 bits per heavy atom. The first-order valence-corrected chi connectivity index (χ1v) is 7.05. The number of para-hydroxylation sites is 1. The van der Waals surface area contributed by atoms with E-state index in [1.54, 1.807) is 18.2 Å². The minimum absolute atomic E-state index is 0.0336. The molecule has 0 bridgehead atoms. The largest absolute Gasteiger partial charge is 0.331 e. The average Bonchev–Trinajstić information content (AvgIpc) is 2.16. The number of hydrogen-bond acceptors (Lipinski definition) is 4. The van der Waals surface area contributed by atoms with Gasteiger partial charge in [-0.1, -0.05) is 12.1 Å². The Morgan fingerprint density at radius 1 is 1.33 bits per heavy atom. The molecule has 1 atom stereocenters. The third-order valence-electron chi connectivity index (χ3n) is 1.88. The summed E-state index contributed by atoms with van der Waals surface area (Å²) in [6.45, 7) is 0. The molecule has 1 aliphatic rings. The molecule has 7 heteroatoms. The van der Waals surface area contributed by atoms with Crippen molar-refractivity contribution in [3.8, 4) is 0 Å². The summed E-state index contributed by atoms with van der Waals surface area (Å²) in [7, 11) is -5.15. The molecule has 0 fully saturated rings. The Morgan fingerprint density at radius 2 is 2.00 bits per heavy atom. The molecule has 1 aliphatic heterocycles. The molecule has 2 rings (SSSR count). The van der Waals surface area contributed by atoms with Crippen LogP contribution in [0, 0.1) is 0 Å². The standard InChI is InChI=1S/C8H8N2O3S2/c1-14(11)8-9-6-4-2-3-5-7(6)15(12,13)10-8/h2-5H,1H3,(H,9,10). The van der Waals surface area contributed by atoms with Gasteiger partial charge in [-0.25, -0.2) is 0 Å². The predicted octanol–water partition coefficient (Wildman–Crippen LogP) is 0.535. The van der Waals surface area contributed by atoms with Crippen LogP contribution in [0.3, 0.4) is 0 Å². The molecule has 0 aliphatic carbocycles. The number of sulfonamides is 1. The molecule has 1 N–H and O–H groups in total. The Labute approximate surface area is 89.7 Å². The monoisotopic (exact) mass is 244 g/mol. The fourth-order valence-corrected chi connectivity index (χ4v) is 3.19. The van der Waals surface area contributed by atoms with Crippen LogP contribution in [0.15, 0.2) is 33.6 Å². The van der Waals surface area contributed by atoms with Crippen molar-refractivity contribution < 1.29 is 12.6 Å². The molecule has 0 radical (unpaired) electrons. The van der Waals surface area contributed by atoms with E-state index < -0.39 is 20.8 Å². The minimum Gasteiger partial charge on any atom is -0.331 e. The summed E-state index contributed by atoms with van der Waals surface area (Å²) < 4.78 is 37.8. The van der Waals surface area contributed by atoms with Crippen LogP contribution in [0.25, 0.3) is 0 Å². The fraction of sp³-hybridized carbons (Fsp3) is 0.125. The normalized spacial score (nSPS) is 19.7. The van der Waals surface area contributed by atoms with Gasteiger partial charge in [0.2, 0.25) is 5.17 Å².